The van der Waals surface area contributed by atoms with E-state index in [0.717, 1.165) is 12.8 Å². The fourth-order valence-corrected chi connectivity index (χ4v) is 4.93. The minimum atomic E-state index is -0.664. The van der Waals surface area contributed by atoms with Crippen LogP contribution in [-0.4, -0.2) is 44.1 Å². The van der Waals surface area contributed by atoms with Crippen LogP contribution in [0, 0.1) is 16.7 Å². The molecule has 7 nitrogen and oxygen atoms in total. The van der Waals surface area contributed by atoms with Gasteiger partial charge in [-0.2, -0.15) is 0 Å². The second-order valence-corrected chi connectivity index (χ2v) is 8.77. The van der Waals surface area contributed by atoms with Crippen LogP contribution in [0.4, 0.5) is 0 Å². The number of esters is 1. The SMILES string of the molecule is COc1ccccc1C(=O)NCC(=O)OCC(=O)NC1CC2CCC1(C)C2(C)C. The predicted molar refractivity (Wildman–Crippen MR) is 107 cm³/mol. The molecule has 29 heavy (non-hydrogen) atoms. The molecule has 2 bridgehead atoms. The summed E-state index contributed by atoms with van der Waals surface area (Å²) >= 11 is 0. The molecule has 0 saturated heterocycles. The Morgan fingerprint density at radius 3 is 2.52 bits per heavy atom. The summed E-state index contributed by atoms with van der Waals surface area (Å²) in [5, 5.41) is 5.53. The summed E-state index contributed by atoms with van der Waals surface area (Å²) in [7, 11) is 1.47. The lowest BCUT2D eigenvalue weighted by atomic mass is 9.69. The van der Waals surface area contributed by atoms with Crippen molar-refractivity contribution >= 4 is 17.8 Å². The lowest BCUT2D eigenvalue weighted by Gasteiger charge is -2.39. The van der Waals surface area contributed by atoms with Crippen LogP contribution < -0.4 is 15.4 Å². The lowest BCUT2D eigenvalue weighted by Crippen LogP contribution is -2.48. The fourth-order valence-electron chi connectivity index (χ4n) is 4.93. The number of nitrogens with one attached hydrogen (secondary N) is 2. The van der Waals surface area contributed by atoms with Gasteiger partial charge < -0.3 is 20.1 Å². The molecule has 2 saturated carbocycles. The van der Waals surface area contributed by atoms with E-state index in [0.29, 0.717) is 17.2 Å². The summed E-state index contributed by atoms with van der Waals surface area (Å²) in [6.45, 7) is 6.13. The van der Waals surface area contributed by atoms with Crippen molar-refractivity contribution in [3.05, 3.63) is 29.8 Å². The lowest BCUT2D eigenvalue weighted by molar-refractivity contribution is -0.148. The van der Waals surface area contributed by atoms with Crippen LogP contribution in [0.2, 0.25) is 0 Å². The summed E-state index contributed by atoms with van der Waals surface area (Å²) in [5.41, 5.74) is 0.595. The molecule has 3 rings (SSSR count). The number of carbonyl (C=O) groups is 3. The maximum atomic E-state index is 12.3. The number of ether oxygens (including phenoxy) is 2. The summed E-state index contributed by atoms with van der Waals surface area (Å²) in [6, 6.07) is 6.82. The molecule has 2 N–H and O–H groups in total. The second-order valence-electron chi connectivity index (χ2n) is 8.77. The molecule has 2 amide bonds. The molecule has 0 aromatic heterocycles. The zero-order chi connectivity index (χ0) is 21.2. The predicted octanol–water partition coefficient (Wildman–Crippen LogP) is 2.30. The quantitative estimate of drug-likeness (QED) is 0.683. The third-order valence-corrected chi connectivity index (χ3v) is 7.24. The van der Waals surface area contributed by atoms with Crippen LogP contribution in [0.1, 0.15) is 50.4 Å². The highest BCUT2D eigenvalue weighted by molar-refractivity contribution is 5.98. The van der Waals surface area contributed by atoms with Crippen molar-refractivity contribution in [3.63, 3.8) is 0 Å². The highest BCUT2D eigenvalue weighted by atomic mass is 16.5. The number of para-hydroxylation sites is 1. The van der Waals surface area contributed by atoms with Crippen molar-refractivity contribution in [1.82, 2.24) is 10.6 Å². The fraction of sp³-hybridized carbons (Fsp3) is 0.591. The van der Waals surface area contributed by atoms with Crippen LogP contribution in [0.15, 0.2) is 24.3 Å². The second kappa shape index (κ2) is 8.05. The van der Waals surface area contributed by atoms with Crippen LogP contribution in [-0.2, 0) is 14.3 Å². The van der Waals surface area contributed by atoms with E-state index >= 15 is 0 Å². The minimum Gasteiger partial charge on any atom is -0.496 e. The summed E-state index contributed by atoms with van der Waals surface area (Å²) < 4.78 is 10.2. The molecule has 1 aromatic rings. The van der Waals surface area contributed by atoms with E-state index in [1.807, 2.05) is 0 Å². The average molecular weight is 402 g/mol. The molecule has 2 aliphatic carbocycles. The highest BCUT2D eigenvalue weighted by Gasteiger charge is 2.61. The third kappa shape index (κ3) is 3.95. The Labute approximate surface area is 171 Å². The number of fused-ring (bicyclic) bond motifs is 2. The third-order valence-electron chi connectivity index (χ3n) is 7.24. The number of benzene rings is 1. The van der Waals surface area contributed by atoms with E-state index in [-0.39, 0.29) is 35.9 Å². The van der Waals surface area contributed by atoms with Gasteiger partial charge in [0.25, 0.3) is 11.8 Å². The summed E-state index contributed by atoms with van der Waals surface area (Å²) in [4.78, 5) is 36.4. The van der Waals surface area contributed by atoms with Gasteiger partial charge in [-0.15, -0.1) is 0 Å². The largest absolute Gasteiger partial charge is 0.496 e. The summed E-state index contributed by atoms with van der Waals surface area (Å²) in [5.74, 6) is -0.376. The van der Waals surface area contributed by atoms with Crippen molar-refractivity contribution in [1.29, 1.82) is 0 Å². The zero-order valence-corrected chi connectivity index (χ0v) is 17.5. The number of rotatable bonds is 7. The number of carbonyl (C=O) groups excluding carboxylic acids is 3. The Bertz CT molecular complexity index is 806. The average Bonchev–Trinajstić information content (AvgIpc) is 3.04. The van der Waals surface area contributed by atoms with Gasteiger partial charge in [-0.3, -0.25) is 14.4 Å². The molecule has 2 aliphatic rings. The molecule has 1 aromatic carbocycles. The smallest absolute Gasteiger partial charge is 0.325 e. The van der Waals surface area contributed by atoms with E-state index in [2.05, 4.69) is 31.4 Å². The molecule has 158 valence electrons. The maximum Gasteiger partial charge on any atom is 0.325 e. The highest BCUT2D eigenvalue weighted by Crippen LogP contribution is 2.65. The normalized spacial score (nSPS) is 26.6. The molecule has 0 radical (unpaired) electrons. The van der Waals surface area contributed by atoms with E-state index in [1.165, 1.54) is 13.5 Å². The standard InChI is InChI=1S/C22H30N2O5/c1-21(2)14-9-10-22(21,3)17(11-14)24-18(25)13-29-19(26)12-23-20(27)15-7-5-6-8-16(15)28-4/h5-8,14,17H,9-13H2,1-4H3,(H,23,27)(H,24,25). The summed E-state index contributed by atoms with van der Waals surface area (Å²) in [6.07, 6.45) is 3.28. The first kappa shape index (κ1) is 21.1. The first-order valence-electron chi connectivity index (χ1n) is 10.0. The molecule has 7 heteroatoms. The van der Waals surface area contributed by atoms with Gasteiger partial charge in [0, 0.05) is 6.04 Å². The number of hydrogen-bond acceptors (Lipinski definition) is 5. The van der Waals surface area contributed by atoms with Gasteiger partial charge in [-0.05, 0) is 48.1 Å². The Kier molecular flexibility index (Phi) is 5.87. The Morgan fingerprint density at radius 1 is 1.17 bits per heavy atom. The minimum absolute atomic E-state index is 0.0695. The monoisotopic (exact) mass is 402 g/mol. The van der Waals surface area contributed by atoms with Gasteiger partial charge in [0.15, 0.2) is 6.61 Å². The molecular weight excluding hydrogens is 372 g/mol. The first-order valence-corrected chi connectivity index (χ1v) is 10.0. The van der Waals surface area contributed by atoms with Gasteiger partial charge in [0.1, 0.15) is 12.3 Å². The van der Waals surface area contributed by atoms with E-state index in [4.69, 9.17) is 9.47 Å². The number of amides is 2. The number of hydrogen-bond donors (Lipinski definition) is 2. The Hall–Kier alpha value is -2.57. The van der Waals surface area contributed by atoms with Gasteiger partial charge in [0.05, 0.1) is 12.7 Å². The van der Waals surface area contributed by atoms with Crippen molar-refractivity contribution < 1.29 is 23.9 Å². The Balaban J connectivity index is 1.43. The van der Waals surface area contributed by atoms with Gasteiger partial charge in [0.2, 0.25) is 0 Å². The van der Waals surface area contributed by atoms with Gasteiger partial charge in [-0.25, -0.2) is 0 Å². The topological polar surface area (TPSA) is 93.7 Å². The van der Waals surface area contributed by atoms with Crippen molar-refractivity contribution in [3.8, 4) is 5.75 Å². The maximum absolute atomic E-state index is 12.3. The van der Waals surface area contributed by atoms with Crippen molar-refractivity contribution in [2.45, 2.75) is 46.1 Å². The van der Waals surface area contributed by atoms with Crippen molar-refractivity contribution in [2.75, 3.05) is 20.3 Å². The molecule has 0 aliphatic heterocycles. The molecule has 0 spiro atoms. The van der Waals surface area contributed by atoms with Crippen LogP contribution in [0.5, 0.6) is 5.75 Å². The Morgan fingerprint density at radius 2 is 1.90 bits per heavy atom. The van der Waals surface area contributed by atoms with Crippen molar-refractivity contribution in [2.24, 2.45) is 16.7 Å². The van der Waals surface area contributed by atoms with Gasteiger partial charge in [-0.1, -0.05) is 32.9 Å². The van der Waals surface area contributed by atoms with E-state index < -0.39 is 11.9 Å². The molecule has 2 fully saturated rings. The van der Waals surface area contributed by atoms with Crippen LogP contribution >= 0.6 is 0 Å². The molecule has 0 heterocycles. The molecule has 3 unspecified atom stereocenters. The zero-order valence-electron chi connectivity index (χ0n) is 17.5. The number of methoxy groups -OCH3 is 1. The molecular formula is C22H30N2O5. The van der Waals surface area contributed by atoms with E-state index in [1.54, 1.807) is 24.3 Å². The first-order chi connectivity index (χ1) is 13.7. The van der Waals surface area contributed by atoms with E-state index in [9.17, 15) is 14.4 Å². The van der Waals surface area contributed by atoms with Crippen LogP contribution in [0.3, 0.4) is 0 Å². The molecule has 3 atom stereocenters. The van der Waals surface area contributed by atoms with Crippen LogP contribution in [0.25, 0.3) is 0 Å². The van der Waals surface area contributed by atoms with Gasteiger partial charge >= 0.3 is 5.97 Å².